The van der Waals surface area contributed by atoms with Gasteiger partial charge >= 0.3 is 5.97 Å². The van der Waals surface area contributed by atoms with Gasteiger partial charge in [-0.3, -0.25) is 0 Å². The summed E-state index contributed by atoms with van der Waals surface area (Å²) in [5, 5.41) is 0. The number of hydrogen-bond donors (Lipinski definition) is 0. The summed E-state index contributed by atoms with van der Waals surface area (Å²) < 4.78 is 21.5. The number of nitrogens with zero attached hydrogens (tertiary/aromatic N) is 1. The van der Waals surface area contributed by atoms with Gasteiger partial charge in [-0.15, -0.1) is 0 Å². The number of ether oxygens (including phenoxy) is 4. The molecule has 2 aromatic carbocycles. The van der Waals surface area contributed by atoms with Crippen LogP contribution in [-0.4, -0.2) is 47.5 Å². The Bertz CT molecular complexity index is 834. The quantitative estimate of drug-likeness (QED) is 0.753. The fourth-order valence-electron chi connectivity index (χ4n) is 3.66. The van der Waals surface area contributed by atoms with Crippen LogP contribution in [0.5, 0.6) is 17.2 Å². The number of methoxy groups -OCH3 is 4. The Kier molecular flexibility index (Phi) is 5.74. The zero-order valence-electron chi connectivity index (χ0n) is 16.2. The van der Waals surface area contributed by atoms with Crippen molar-refractivity contribution in [1.29, 1.82) is 0 Å². The van der Waals surface area contributed by atoms with E-state index in [1.807, 2.05) is 24.3 Å². The molecule has 0 amide bonds. The van der Waals surface area contributed by atoms with Crippen LogP contribution in [0.3, 0.4) is 0 Å². The van der Waals surface area contributed by atoms with Crippen LogP contribution in [0.25, 0.3) is 0 Å². The number of esters is 1. The number of para-hydroxylation sites is 2. The standard InChI is InChI=1S/C21H25NO5/c1-24-17-8-6-5-7-16(17)22-11-9-14-13-18(25-2)20(26-3)19(21(23)27-4)15(14)10-12-22/h5-8,13H,9-12H2,1-4H3. The molecule has 0 N–H and O–H groups in total. The molecule has 0 spiro atoms. The summed E-state index contributed by atoms with van der Waals surface area (Å²) in [6.45, 7) is 1.57. The predicted octanol–water partition coefficient (Wildman–Crippen LogP) is 3.10. The van der Waals surface area contributed by atoms with E-state index in [1.54, 1.807) is 14.2 Å². The molecule has 1 aliphatic rings. The molecule has 2 aromatic rings. The molecule has 0 aromatic heterocycles. The Morgan fingerprint density at radius 2 is 1.63 bits per heavy atom. The lowest BCUT2D eigenvalue weighted by molar-refractivity contribution is 0.0595. The third kappa shape index (κ3) is 3.52. The summed E-state index contributed by atoms with van der Waals surface area (Å²) >= 11 is 0. The van der Waals surface area contributed by atoms with Gasteiger partial charge in [0.15, 0.2) is 11.5 Å². The van der Waals surface area contributed by atoms with Gasteiger partial charge in [-0.2, -0.15) is 0 Å². The lowest BCUT2D eigenvalue weighted by atomic mass is 9.95. The Morgan fingerprint density at radius 3 is 2.30 bits per heavy atom. The zero-order chi connectivity index (χ0) is 19.4. The molecule has 0 aliphatic carbocycles. The van der Waals surface area contributed by atoms with E-state index >= 15 is 0 Å². The third-order valence-corrected chi connectivity index (χ3v) is 4.97. The largest absolute Gasteiger partial charge is 0.495 e. The van der Waals surface area contributed by atoms with Crippen LogP contribution in [0.4, 0.5) is 5.69 Å². The normalized spacial score (nSPS) is 13.4. The van der Waals surface area contributed by atoms with Gasteiger partial charge in [0, 0.05) is 13.1 Å². The smallest absolute Gasteiger partial charge is 0.342 e. The minimum Gasteiger partial charge on any atom is -0.495 e. The van der Waals surface area contributed by atoms with Gasteiger partial charge in [-0.05, 0) is 42.2 Å². The highest BCUT2D eigenvalue weighted by Crippen LogP contribution is 2.39. The molecule has 0 saturated carbocycles. The first kappa shape index (κ1) is 18.9. The highest BCUT2D eigenvalue weighted by Gasteiger charge is 2.28. The van der Waals surface area contributed by atoms with E-state index in [9.17, 15) is 4.79 Å². The van der Waals surface area contributed by atoms with E-state index in [2.05, 4.69) is 11.0 Å². The van der Waals surface area contributed by atoms with Gasteiger partial charge in [0.05, 0.1) is 34.1 Å². The SMILES string of the molecule is COC(=O)c1c2c(cc(OC)c1OC)CCN(c1ccccc1OC)CC2. The molecule has 0 unspecified atom stereocenters. The number of rotatable bonds is 5. The van der Waals surface area contributed by atoms with E-state index in [1.165, 1.54) is 14.2 Å². The molecular formula is C21H25NO5. The van der Waals surface area contributed by atoms with E-state index < -0.39 is 5.97 Å². The summed E-state index contributed by atoms with van der Waals surface area (Å²) in [6.07, 6.45) is 1.47. The van der Waals surface area contributed by atoms with Gasteiger partial charge in [-0.25, -0.2) is 4.79 Å². The third-order valence-electron chi connectivity index (χ3n) is 4.97. The number of fused-ring (bicyclic) bond motifs is 1. The minimum atomic E-state index is -0.409. The molecule has 27 heavy (non-hydrogen) atoms. The molecule has 3 rings (SSSR count). The number of carbonyl (C=O) groups is 1. The second-order valence-electron chi connectivity index (χ2n) is 6.28. The zero-order valence-corrected chi connectivity index (χ0v) is 16.2. The van der Waals surface area contributed by atoms with Gasteiger partial charge in [0.1, 0.15) is 11.3 Å². The number of anilines is 1. The minimum absolute atomic E-state index is 0.409. The average Bonchev–Trinajstić information content (AvgIpc) is 2.93. The van der Waals surface area contributed by atoms with Crippen LogP contribution in [0.1, 0.15) is 21.5 Å². The van der Waals surface area contributed by atoms with E-state index in [-0.39, 0.29) is 0 Å². The van der Waals surface area contributed by atoms with Crippen molar-refractivity contribution in [3.05, 3.63) is 47.0 Å². The first-order valence-electron chi connectivity index (χ1n) is 8.87. The second kappa shape index (κ2) is 8.20. The Morgan fingerprint density at radius 1 is 0.926 bits per heavy atom. The average molecular weight is 371 g/mol. The fourth-order valence-corrected chi connectivity index (χ4v) is 3.66. The van der Waals surface area contributed by atoms with Gasteiger partial charge in [0.25, 0.3) is 0 Å². The van der Waals surface area contributed by atoms with Crippen LogP contribution in [0.15, 0.2) is 30.3 Å². The van der Waals surface area contributed by atoms with Gasteiger partial charge in [-0.1, -0.05) is 12.1 Å². The molecule has 0 radical (unpaired) electrons. The van der Waals surface area contributed by atoms with Crippen LogP contribution in [0.2, 0.25) is 0 Å². The summed E-state index contributed by atoms with van der Waals surface area (Å²) in [4.78, 5) is 14.8. The molecule has 0 fully saturated rings. The van der Waals surface area contributed by atoms with E-state index in [0.717, 1.165) is 42.1 Å². The fraction of sp³-hybridized carbons (Fsp3) is 0.381. The van der Waals surface area contributed by atoms with Crippen LogP contribution in [-0.2, 0) is 17.6 Å². The van der Waals surface area contributed by atoms with Crippen molar-refractivity contribution in [3.8, 4) is 17.2 Å². The van der Waals surface area contributed by atoms with Crippen LogP contribution in [0, 0.1) is 0 Å². The molecule has 6 nitrogen and oxygen atoms in total. The Labute approximate surface area is 159 Å². The highest BCUT2D eigenvalue weighted by molar-refractivity contribution is 5.96. The number of benzene rings is 2. The molecule has 144 valence electrons. The van der Waals surface area contributed by atoms with Crippen LogP contribution < -0.4 is 19.1 Å². The molecule has 0 atom stereocenters. The predicted molar refractivity (Wildman–Crippen MR) is 104 cm³/mol. The summed E-state index contributed by atoms with van der Waals surface area (Å²) in [7, 11) is 6.17. The lowest BCUT2D eigenvalue weighted by Gasteiger charge is -2.24. The molecule has 0 bridgehead atoms. The van der Waals surface area contributed by atoms with E-state index in [4.69, 9.17) is 18.9 Å². The van der Waals surface area contributed by atoms with E-state index in [0.29, 0.717) is 23.5 Å². The summed E-state index contributed by atoms with van der Waals surface area (Å²) in [5.41, 5.74) is 3.53. The second-order valence-corrected chi connectivity index (χ2v) is 6.28. The topological polar surface area (TPSA) is 57.2 Å². The molecule has 0 saturated heterocycles. The Hall–Kier alpha value is -2.89. The molecule has 1 heterocycles. The van der Waals surface area contributed by atoms with Crippen molar-refractivity contribution in [3.63, 3.8) is 0 Å². The van der Waals surface area contributed by atoms with Crippen molar-refractivity contribution < 1.29 is 23.7 Å². The maximum absolute atomic E-state index is 12.5. The van der Waals surface area contributed by atoms with Crippen molar-refractivity contribution in [2.75, 3.05) is 46.4 Å². The van der Waals surface area contributed by atoms with Crippen molar-refractivity contribution in [2.24, 2.45) is 0 Å². The first-order valence-corrected chi connectivity index (χ1v) is 8.87. The van der Waals surface area contributed by atoms with Crippen molar-refractivity contribution in [2.45, 2.75) is 12.8 Å². The number of hydrogen-bond acceptors (Lipinski definition) is 6. The maximum atomic E-state index is 12.5. The summed E-state index contributed by atoms with van der Waals surface area (Å²) in [6, 6.07) is 9.94. The number of carbonyl (C=O) groups excluding carboxylic acids is 1. The maximum Gasteiger partial charge on any atom is 0.342 e. The monoisotopic (exact) mass is 371 g/mol. The van der Waals surface area contributed by atoms with Gasteiger partial charge in [0.2, 0.25) is 0 Å². The van der Waals surface area contributed by atoms with Gasteiger partial charge < -0.3 is 23.8 Å². The molecule has 6 heteroatoms. The molecular weight excluding hydrogens is 346 g/mol. The Balaban J connectivity index is 2.03. The van der Waals surface area contributed by atoms with Crippen molar-refractivity contribution in [1.82, 2.24) is 0 Å². The van der Waals surface area contributed by atoms with Crippen molar-refractivity contribution >= 4 is 11.7 Å². The van der Waals surface area contributed by atoms with Crippen LogP contribution >= 0.6 is 0 Å². The first-order chi connectivity index (χ1) is 13.1. The summed E-state index contributed by atoms with van der Waals surface area (Å²) in [5.74, 6) is 1.40. The highest BCUT2D eigenvalue weighted by atomic mass is 16.5. The molecule has 1 aliphatic heterocycles. The lowest BCUT2D eigenvalue weighted by Crippen LogP contribution is -2.26.